The molecule has 10 heteroatoms. The van der Waals surface area contributed by atoms with E-state index < -0.39 is 12.1 Å². The molecule has 210 valence electrons. The highest BCUT2D eigenvalue weighted by Crippen LogP contribution is 2.50. The summed E-state index contributed by atoms with van der Waals surface area (Å²) in [6.07, 6.45) is 4.50. The Bertz CT molecular complexity index is 1460. The van der Waals surface area contributed by atoms with Crippen LogP contribution in [0.25, 0.3) is 11.1 Å². The van der Waals surface area contributed by atoms with E-state index in [0.29, 0.717) is 47.8 Å². The third-order valence-corrected chi connectivity index (χ3v) is 6.87. The van der Waals surface area contributed by atoms with Gasteiger partial charge in [-0.3, -0.25) is 19.4 Å². The molecule has 0 saturated heterocycles. The second-order valence-corrected chi connectivity index (χ2v) is 9.54. The first-order valence-electron chi connectivity index (χ1n) is 13.0. The standard InChI is InChI=1S/C30H34N4O6/c1-17(30(37)32-16-19-7-6-12-31-15-19)33-24-11-9-21-22(14-25(24)36)23(34-18(2)35)10-8-20-13-26(38-3)28(39-4)29(40-5)27(20)21/h6-7,9,11-15,17,23H,8,10,16H2,1-5H3,(H,32,37)(H,33,36)(H,34,35). The number of carbonyl (C=O) groups excluding carboxylic acids is 2. The summed E-state index contributed by atoms with van der Waals surface area (Å²) in [7, 11) is 4.65. The Morgan fingerprint density at radius 1 is 1.07 bits per heavy atom. The summed E-state index contributed by atoms with van der Waals surface area (Å²) in [5.41, 5.74) is 3.85. The lowest BCUT2D eigenvalue weighted by Gasteiger charge is -2.19. The Morgan fingerprint density at radius 3 is 2.50 bits per heavy atom. The third-order valence-electron chi connectivity index (χ3n) is 6.87. The van der Waals surface area contributed by atoms with Crippen LogP contribution in [0, 0.1) is 0 Å². The summed E-state index contributed by atoms with van der Waals surface area (Å²) < 4.78 is 17.0. The van der Waals surface area contributed by atoms with Gasteiger partial charge in [0.15, 0.2) is 11.5 Å². The number of pyridine rings is 1. The lowest BCUT2D eigenvalue weighted by atomic mass is 9.95. The molecule has 0 aliphatic heterocycles. The van der Waals surface area contributed by atoms with Gasteiger partial charge in [-0.15, -0.1) is 0 Å². The predicted octanol–water partition coefficient (Wildman–Crippen LogP) is 3.37. The first-order valence-corrected chi connectivity index (χ1v) is 13.0. The van der Waals surface area contributed by atoms with Crippen molar-refractivity contribution in [2.45, 2.75) is 45.3 Å². The Kier molecular flexibility index (Phi) is 8.88. The first-order chi connectivity index (χ1) is 19.3. The van der Waals surface area contributed by atoms with Crippen LogP contribution in [0.2, 0.25) is 0 Å². The number of hydrogen-bond donors (Lipinski definition) is 3. The van der Waals surface area contributed by atoms with Crippen LogP contribution in [0.3, 0.4) is 0 Å². The fraction of sp³-hybridized carbons (Fsp3) is 0.333. The van der Waals surface area contributed by atoms with Crippen molar-refractivity contribution in [3.63, 3.8) is 0 Å². The first kappa shape index (κ1) is 28.4. The van der Waals surface area contributed by atoms with Crippen LogP contribution < -0.4 is 35.6 Å². The Balaban J connectivity index is 1.76. The molecule has 2 atom stereocenters. The summed E-state index contributed by atoms with van der Waals surface area (Å²) in [5, 5.41) is 8.90. The van der Waals surface area contributed by atoms with Gasteiger partial charge in [-0.2, -0.15) is 0 Å². The van der Waals surface area contributed by atoms with Crippen LogP contribution in [0.5, 0.6) is 17.2 Å². The van der Waals surface area contributed by atoms with Gasteiger partial charge in [0.25, 0.3) is 0 Å². The number of rotatable bonds is 9. The van der Waals surface area contributed by atoms with Crippen LogP contribution in [-0.2, 0) is 22.6 Å². The topological polar surface area (TPSA) is 128 Å². The molecule has 40 heavy (non-hydrogen) atoms. The molecule has 1 aliphatic rings. The summed E-state index contributed by atoms with van der Waals surface area (Å²) in [4.78, 5) is 42.4. The summed E-state index contributed by atoms with van der Waals surface area (Å²) in [6, 6.07) is 9.44. The molecule has 3 N–H and O–H groups in total. The number of aromatic nitrogens is 1. The lowest BCUT2D eigenvalue weighted by Crippen LogP contribution is -2.38. The highest BCUT2D eigenvalue weighted by Gasteiger charge is 2.29. The van der Waals surface area contributed by atoms with Crippen LogP contribution >= 0.6 is 0 Å². The Morgan fingerprint density at radius 2 is 1.85 bits per heavy atom. The number of benzene rings is 1. The van der Waals surface area contributed by atoms with E-state index in [2.05, 4.69) is 20.9 Å². The van der Waals surface area contributed by atoms with Crippen LogP contribution in [0.4, 0.5) is 5.69 Å². The Labute approximate surface area is 233 Å². The van der Waals surface area contributed by atoms with Crippen molar-refractivity contribution in [3.8, 4) is 28.4 Å². The molecule has 2 unspecified atom stereocenters. The number of nitrogens with zero attached hydrogens (tertiary/aromatic N) is 1. The molecule has 0 bridgehead atoms. The fourth-order valence-electron chi connectivity index (χ4n) is 4.97. The van der Waals surface area contributed by atoms with Gasteiger partial charge in [-0.1, -0.05) is 12.1 Å². The molecule has 1 aliphatic carbocycles. The van der Waals surface area contributed by atoms with E-state index >= 15 is 0 Å². The highest BCUT2D eigenvalue weighted by atomic mass is 16.5. The van der Waals surface area contributed by atoms with Crippen molar-refractivity contribution in [2.75, 3.05) is 26.6 Å². The second kappa shape index (κ2) is 12.5. The van der Waals surface area contributed by atoms with Gasteiger partial charge in [0.05, 0.1) is 33.1 Å². The van der Waals surface area contributed by atoms with Gasteiger partial charge in [-0.25, -0.2) is 0 Å². The zero-order valence-corrected chi connectivity index (χ0v) is 23.3. The molecule has 0 saturated carbocycles. The number of ether oxygens (including phenoxy) is 3. The van der Waals surface area contributed by atoms with E-state index in [4.69, 9.17) is 14.2 Å². The fourth-order valence-corrected chi connectivity index (χ4v) is 4.97. The maximum absolute atomic E-state index is 13.5. The van der Waals surface area contributed by atoms with Gasteiger partial charge in [0.2, 0.25) is 23.0 Å². The quantitative estimate of drug-likeness (QED) is 0.373. The van der Waals surface area contributed by atoms with Crippen LogP contribution in [0.15, 0.2) is 53.6 Å². The normalized spacial score (nSPS) is 14.5. The zero-order chi connectivity index (χ0) is 28.8. The minimum absolute atomic E-state index is 0.208. The number of hydrogen-bond acceptors (Lipinski definition) is 8. The summed E-state index contributed by atoms with van der Waals surface area (Å²) in [6.45, 7) is 3.45. The highest BCUT2D eigenvalue weighted by molar-refractivity contribution is 5.85. The van der Waals surface area contributed by atoms with Gasteiger partial charge in [0, 0.05) is 31.4 Å². The van der Waals surface area contributed by atoms with E-state index in [-0.39, 0.29) is 22.9 Å². The zero-order valence-electron chi connectivity index (χ0n) is 23.3. The Hall–Kier alpha value is -4.60. The van der Waals surface area contributed by atoms with Crippen molar-refractivity contribution >= 4 is 17.5 Å². The minimum atomic E-state index is -0.691. The molecule has 0 spiro atoms. The van der Waals surface area contributed by atoms with E-state index in [0.717, 1.165) is 16.7 Å². The number of carbonyl (C=O) groups is 2. The maximum atomic E-state index is 13.5. The lowest BCUT2D eigenvalue weighted by molar-refractivity contribution is -0.122. The van der Waals surface area contributed by atoms with Crippen molar-refractivity contribution in [2.24, 2.45) is 0 Å². The van der Waals surface area contributed by atoms with Gasteiger partial charge in [0.1, 0.15) is 6.04 Å². The summed E-state index contributed by atoms with van der Waals surface area (Å²) >= 11 is 0. The molecule has 10 nitrogen and oxygen atoms in total. The van der Waals surface area contributed by atoms with Crippen molar-refractivity contribution in [1.29, 1.82) is 0 Å². The van der Waals surface area contributed by atoms with E-state index in [1.54, 1.807) is 45.7 Å². The van der Waals surface area contributed by atoms with Crippen molar-refractivity contribution in [3.05, 3.63) is 75.7 Å². The SMILES string of the molecule is COc1cc2c(c(OC)c1OC)-c1ccc(NC(C)C(=O)NCc3cccnc3)c(=O)cc1C(NC(C)=O)CC2. The molecular formula is C30H34N4O6. The molecule has 0 radical (unpaired) electrons. The van der Waals surface area contributed by atoms with E-state index in [1.807, 2.05) is 18.2 Å². The molecular weight excluding hydrogens is 512 g/mol. The molecule has 1 aromatic heterocycles. The van der Waals surface area contributed by atoms with Crippen molar-refractivity contribution < 1.29 is 23.8 Å². The van der Waals surface area contributed by atoms with E-state index in [1.165, 1.54) is 20.1 Å². The number of methoxy groups -OCH3 is 3. The number of nitrogens with one attached hydrogen (secondary N) is 3. The number of anilines is 1. The third kappa shape index (κ3) is 6.01. The minimum Gasteiger partial charge on any atom is -0.493 e. The number of aryl methyl sites for hydroxylation is 1. The largest absolute Gasteiger partial charge is 0.493 e. The van der Waals surface area contributed by atoms with Gasteiger partial charge in [-0.05, 0) is 66.3 Å². The average molecular weight is 547 g/mol. The molecule has 3 aromatic rings. The molecule has 2 aromatic carbocycles. The maximum Gasteiger partial charge on any atom is 0.242 e. The van der Waals surface area contributed by atoms with Crippen LogP contribution in [-0.4, -0.2) is 44.2 Å². The van der Waals surface area contributed by atoms with Gasteiger partial charge < -0.3 is 30.2 Å². The monoisotopic (exact) mass is 546 g/mol. The number of fused-ring (bicyclic) bond motifs is 3. The molecule has 1 heterocycles. The predicted molar refractivity (Wildman–Crippen MR) is 152 cm³/mol. The molecule has 0 fully saturated rings. The molecule has 2 amide bonds. The van der Waals surface area contributed by atoms with Gasteiger partial charge >= 0.3 is 0 Å². The summed E-state index contributed by atoms with van der Waals surface area (Å²) in [5.74, 6) is 0.948. The number of amides is 2. The van der Waals surface area contributed by atoms with Crippen molar-refractivity contribution in [1.82, 2.24) is 15.6 Å². The molecule has 4 rings (SSSR count). The van der Waals surface area contributed by atoms with Crippen LogP contribution in [0.1, 0.15) is 43.0 Å². The van der Waals surface area contributed by atoms with E-state index in [9.17, 15) is 14.4 Å². The average Bonchev–Trinajstić information content (AvgIpc) is 3.19. The second-order valence-electron chi connectivity index (χ2n) is 9.54. The smallest absolute Gasteiger partial charge is 0.242 e.